The van der Waals surface area contributed by atoms with Gasteiger partial charge >= 0.3 is 0 Å². The number of rotatable bonds is 7. The molecule has 1 N–H and O–H groups in total. The topological polar surface area (TPSA) is 108 Å². The lowest BCUT2D eigenvalue weighted by molar-refractivity contribution is -0.130. The Kier molecular flexibility index (Phi) is 6.77. The molecule has 2 fully saturated rings. The first-order chi connectivity index (χ1) is 16.0. The van der Waals surface area contributed by atoms with Gasteiger partial charge in [0.1, 0.15) is 11.5 Å². The van der Waals surface area contributed by atoms with E-state index in [-0.39, 0.29) is 30.1 Å². The molecule has 0 radical (unpaired) electrons. The van der Waals surface area contributed by atoms with Gasteiger partial charge in [-0.2, -0.15) is 0 Å². The number of benzene rings is 2. The third-order valence-corrected chi connectivity index (χ3v) is 7.15. The van der Waals surface area contributed by atoms with Crippen LogP contribution in [0.3, 0.4) is 0 Å². The summed E-state index contributed by atoms with van der Waals surface area (Å²) in [4.78, 5) is 18.0. The van der Waals surface area contributed by atoms with E-state index in [1.807, 2.05) is 53.4 Å². The highest BCUT2D eigenvalue weighted by molar-refractivity contribution is 5.80. The number of carbonyl (C=O) groups excluding carboxylic acids is 1. The Morgan fingerprint density at radius 1 is 1.15 bits per heavy atom. The molecule has 4 atom stereocenters. The van der Waals surface area contributed by atoms with Gasteiger partial charge in [-0.3, -0.25) is 4.79 Å². The number of para-hydroxylation sites is 2. The molecular weight excluding hydrogens is 420 g/mol. The number of hydrogen-bond donors (Lipinski definition) is 1. The largest absolute Gasteiger partial charge is 0.496 e. The van der Waals surface area contributed by atoms with Crippen molar-refractivity contribution >= 4 is 5.91 Å². The van der Waals surface area contributed by atoms with Crippen LogP contribution in [0.5, 0.6) is 11.5 Å². The zero-order chi connectivity index (χ0) is 23.4. The molecule has 2 aromatic rings. The summed E-state index contributed by atoms with van der Waals surface area (Å²) in [7, 11) is 3.20. The van der Waals surface area contributed by atoms with Gasteiger partial charge in [0.05, 0.1) is 26.2 Å². The van der Waals surface area contributed by atoms with Gasteiger partial charge in [0, 0.05) is 41.6 Å². The van der Waals surface area contributed by atoms with Gasteiger partial charge in [0.2, 0.25) is 5.91 Å². The van der Waals surface area contributed by atoms with Crippen molar-refractivity contribution in [2.45, 2.75) is 24.9 Å². The van der Waals surface area contributed by atoms with Crippen molar-refractivity contribution in [1.29, 1.82) is 0 Å². The first kappa shape index (κ1) is 23.0. The maximum absolute atomic E-state index is 13.2. The van der Waals surface area contributed by atoms with Crippen molar-refractivity contribution < 1.29 is 19.4 Å². The van der Waals surface area contributed by atoms with Crippen LogP contribution in [0.25, 0.3) is 10.4 Å². The number of azide groups is 1. The fourth-order valence-corrected chi connectivity index (χ4v) is 5.68. The number of carbonyl (C=O) groups is 1. The Balaban J connectivity index is 1.62. The molecule has 8 heteroatoms. The number of fused-ring (bicyclic) bond motifs is 1. The molecule has 8 nitrogen and oxygen atoms in total. The second-order valence-corrected chi connectivity index (χ2v) is 9.00. The number of amides is 1. The van der Waals surface area contributed by atoms with Crippen molar-refractivity contribution in [3.8, 4) is 11.5 Å². The summed E-state index contributed by atoms with van der Waals surface area (Å²) in [5.41, 5.74) is 9.23. The normalized spacial score (nSPS) is 26.3. The van der Waals surface area contributed by atoms with E-state index < -0.39 is 5.60 Å². The number of methoxy groups -OCH3 is 2. The summed E-state index contributed by atoms with van der Waals surface area (Å²) in [5.74, 6) is 1.35. The molecule has 1 saturated heterocycles. The molecule has 4 unspecified atom stereocenters. The van der Waals surface area contributed by atoms with Crippen LogP contribution in [-0.4, -0.2) is 49.8 Å². The van der Waals surface area contributed by atoms with Gasteiger partial charge in [-0.05, 0) is 42.3 Å². The van der Waals surface area contributed by atoms with Gasteiger partial charge in [0.25, 0.3) is 0 Å². The molecule has 1 saturated carbocycles. The van der Waals surface area contributed by atoms with Crippen LogP contribution in [0.2, 0.25) is 0 Å². The zero-order valence-corrected chi connectivity index (χ0v) is 19.1. The van der Waals surface area contributed by atoms with Crippen LogP contribution >= 0.6 is 0 Å². The number of hydrogen-bond acceptors (Lipinski definition) is 5. The van der Waals surface area contributed by atoms with E-state index in [0.29, 0.717) is 37.6 Å². The second kappa shape index (κ2) is 9.73. The van der Waals surface area contributed by atoms with Crippen molar-refractivity contribution in [3.63, 3.8) is 0 Å². The lowest BCUT2D eigenvalue weighted by atomic mass is 9.63. The SMILES string of the molecule is COc1ccccc1CC(=O)N1CC2CC(CN=[N+]=[N-])CC(O)(c3ccccc3OC)C2C1. The summed E-state index contributed by atoms with van der Waals surface area (Å²) in [6.45, 7) is 1.37. The smallest absolute Gasteiger partial charge is 0.227 e. The Hall–Kier alpha value is -3.22. The molecule has 4 rings (SSSR count). The first-order valence-electron chi connectivity index (χ1n) is 11.3. The van der Waals surface area contributed by atoms with Crippen LogP contribution in [0.4, 0.5) is 0 Å². The van der Waals surface area contributed by atoms with Gasteiger partial charge in [-0.15, -0.1) is 0 Å². The summed E-state index contributed by atoms with van der Waals surface area (Å²) in [5, 5.41) is 15.9. The van der Waals surface area contributed by atoms with E-state index in [0.717, 1.165) is 17.5 Å². The van der Waals surface area contributed by atoms with Gasteiger partial charge in [-0.25, -0.2) is 0 Å². The standard InChI is InChI=1S/C25H30N4O4/c1-32-22-9-5-3-7-18(22)12-24(30)29-15-19-11-17(14-27-28-26)13-25(31,21(19)16-29)20-8-4-6-10-23(20)33-2/h3-10,17,19,21,31H,11-16H2,1-2H3. The lowest BCUT2D eigenvalue weighted by Gasteiger charge is -2.45. The van der Waals surface area contributed by atoms with Crippen molar-refractivity contribution in [1.82, 2.24) is 4.90 Å². The van der Waals surface area contributed by atoms with E-state index in [2.05, 4.69) is 10.0 Å². The van der Waals surface area contributed by atoms with E-state index in [1.54, 1.807) is 14.2 Å². The number of likely N-dealkylation sites (tertiary alicyclic amines) is 1. The Morgan fingerprint density at radius 2 is 1.85 bits per heavy atom. The lowest BCUT2D eigenvalue weighted by Crippen LogP contribution is -2.46. The monoisotopic (exact) mass is 450 g/mol. The third kappa shape index (κ3) is 4.49. The van der Waals surface area contributed by atoms with Crippen molar-refractivity contribution in [2.75, 3.05) is 33.9 Å². The van der Waals surface area contributed by atoms with Crippen LogP contribution in [0.1, 0.15) is 24.0 Å². The predicted octanol–water partition coefficient (Wildman–Crippen LogP) is 3.93. The van der Waals surface area contributed by atoms with Crippen LogP contribution in [-0.2, 0) is 16.8 Å². The molecule has 174 valence electrons. The third-order valence-electron chi connectivity index (χ3n) is 7.15. The Morgan fingerprint density at radius 3 is 2.58 bits per heavy atom. The zero-order valence-electron chi connectivity index (χ0n) is 19.1. The minimum Gasteiger partial charge on any atom is -0.496 e. The minimum absolute atomic E-state index is 0.0165. The van der Waals surface area contributed by atoms with Gasteiger partial charge < -0.3 is 19.5 Å². The molecule has 0 bridgehead atoms. The molecule has 33 heavy (non-hydrogen) atoms. The highest BCUT2D eigenvalue weighted by Crippen LogP contribution is 2.52. The van der Waals surface area contributed by atoms with Crippen LogP contribution in [0, 0.1) is 17.8 Å². The Labute approximate surface area is 193 Å². The van der Waals surface area contributed by atoms with Crippen molar-refractivity contribution in [2.24, 2.45) is 22.9 Å². The average molecular weight is 451 g/mol. The molecule has 1 aliphatic carbocycles. The molecule has 0 spiro atoms. The summed E-state index contributed by atoms with van der Waals surface area (Å²) in [6.07, 6.45) is 1.51. The highest BCUT2D eigenvalue weighted by Gasteiger charge is 2.53. The van der Waals surface area contributed by atoms with Crippen LogP contribution < -0.4 is 9.47 Å². The fourth-order valence-electron chi connectivity index (χ4n) is 5.68. The maximum atomic E-state index is 13.2. The predicted molar refractivity (Wildman–Crippen MR) is 124 cm³/mol. The number of aliphatic hydroxyl groups is 1. The van der Waals surface area contributed by atoms with Crippen LogP contribution in [0.15, 0.2) is 53.6 Å². The molecule has 1 amide bonds. The molecular formula is C25H30N4O4. The second-order valence-electron chi connectivity index (χ2n) is 9.00. The number of ether oxygens (including phenoxy) is 2. The van der Waals surface area contributed by atoms with E-state index >= 15 is 0 Å². The van der Waals surface area contributed by atoms with Crippen molar-refractivity contribution in [3.05, 3.63) is 70.1 Å². The molecule has 0 aromatic heterocycles. The maximum Gasteiger partial charge on any atom is 0.227 e. The molecule has 1 aliphatic heterocycles. The van der Waals surface area contributed by atoms with Gasteiger partial charge in [-0.1, -0.05) is 41.5 Å². The minimum atomic E-state index is -1.18. The van der Waals surface area contributed by atoms with Gasteiger partial charge in [0.15, 0.2) is 0 Å². The summed E-state index contributed by atoms with van der Waals surface area (Å²) >= 11 is 0. The summed E-state index contributed by atoms with van der Waals surface area (Å²) < 4.78 is 11.0. The average Bonchev–Trinajstić information content (AvgIpc) is 3.28. The van der Waals surface area contributed by atoms with E-state index in [1.165, 1.54) is 0 Å². The van der Waals surface area contributed by atoms with E-state index in [9.17, 15) is 9.90 Å². The summed E-state index contributed by atoms with van der Waals surface area (Å²) in [6, 6.07) is 15.0. The fraction of sp³-hybridized carbons (Fsp3) is 0.480. The molecule has 1 heterocycles. The molecule has 2 aliphatic rings. The first-order valence-corrected chi connectivity index (χ1v) is 11.3. The Bertz CT molecular complexity index is 1050. The quantitative estimate of drug-likeness (QED) is 0.392. The molecule has 2 aromatic carbocycles. The van der Waals surface area contributed by atoms with E-state index in [4.69, 9.17) is 15.0 Å². The highest BCUT2D eigenvalue weighted by atomic mass is 16.5. The number of nitrogens with zero attached hydrogens (tertiary/aromatic N) is 4.